The quantitative estimate of drug-likeness (QED) is 0.779. The molecule has 3 unspecified atom stereocenters. The molecule has 2 heterocycles. The first-order valence-corrected chi connectivity index (χ1v) is 8.76. The van der Waals surface area contributed by atoms with Crippen LogP contribution in [0.25, 0.3) is 0 Å². The van der Waals surface area contributed by atoms with Crippen LogP contribution in [0.1, 0.15) is 65.7 Å². The molecular formula is C17H35N3. The number of nitrogens with zero attached hydrogens (tertiary/aromatic N) is 2. The second-order valence-corrected chi connectivity index (χ2v) is 7.19. The molecule has 2 bridgehead atoms. The van der Waals surface area contributed by atoms with Gasteiger partial charge in [0.2, 0.25) is 0 Å². The molecule has 20 heavy (non-hydrogen) atoms. The van der Waals surface area contributed by atoms with Gasteiger partial charge in [-0.1, -0.05) is 20.3 Å². The van der Waals surface area contributed by atoms with Crippen molar-refractivity contribution in [2.24, 2.45) is 5.73 Å². The maximum Gasteiger partial charge on any atom is 0.0364 e. The van der Waals surface area contributed by atoms with Gasteiger partial charge in [-0.25, -0.2) is 0 Å². The monoisotopic (exact) mass is 281 g/mol. The Morgan fingerprint density at radius 2 is 1.85 bits per heavy atom. The zero-order valence-electron chi connectivity index (χ0n) is 14.1. The van der Waals surface area contributed by atoms with Crippen LogP contribution in [0.5, 0.6) is 0 Å². The van der Waals surface area contributed by atoms with Gasteiger partial charge in [0, 0.05) is 30.2 Å². The van der Waals surface area contributed by atoms with Crippen molar-refractivity contribution in [3.63, 3.8) is 0 Å². The van der Waals surface area contributed by atoms with E-state index < -0.39 is 0 Å². The molecule has 2 aliphatic rings. The molecule has 2 N–H and O–H groups in total. The molecule has 118 valence electrons. The maximum absolute atomic E-state index is 6.34. The predicted octanol–water partition coefficient (Wildman–Crippen LogP) is 2.84. The van der Waals surface area contributed by atoms with E-state index in [9.17, 15) is 0 Å². The van der Waals surface area contributed by atoms with Gasteiger partial charge in [-0.2, -0.15) is 0 Å². The largest absolute Gasteiger partial charge is 0.329 e. The van der Waals surface area contributed by atoms with E-state index in [0.29, 0.717) is 6.04 Å². The Morgan fingerprint density at radius 3 is 2.30 bits per heavy atom. The molecule has 0 aliphatic carbocycles. The van der Waals surface area contributed by atoms with Crippen LogP contribution in [0.3, 0.4) is 0 Å². The molecule has 0 spiro atoms. The number of unbranched alkanes of at least 4 members (excludes halogenated alkanes) is 1. The molecule has 2 rings (SSSR count). The van der Waals surface area contributed by atoms with Gasteiger partial charge in [-0.3, -0.25) is 4.90 Å². The molecule has 0 saturated carbocycles. The van der Waals surface area contributed by atoms with Crippen molar-refractivity contribution >= 4 is 0 Å². The number of fused-ring (bicyclic) bond motifs is 2. The Labute approximate surface area is 125 Å². The van der Waals surface area contributed by atoms with Gasteiger partial charge in [-0.05, 0) is 59.0 Å². The van der Waals surface area contributed by atoms with Crippen molar-refractivity contribution in [1.82, 2.24) is 9.80 Å². The Morgan fingerprint density at radius 1 is 1.25 bits per heavy atom. The highest BCUT2D eigenvalue weighted by atomic mass is 15.3. The molecule has 0 aromatic carbocycles. The highest BCUT2D eigenvalue weighted by Crippen LogP contribution is 2.43. The predicted molar refractivity (Wildman–Crippen MR) is 87.0 cm³/mol. The first-order chi connectivity index (χ1) is 9.57. The smallest absolute Gasteiger partial charge is 0.0364 e. The van der Waals surface area contributed by atoms with Crippen molar-refractivity contribution in [3.8, 4) is 0 Å². The van der Waals surface area contributed by atoms with Gasteiger partial charge in [-0.15, -0.1) is 0 Å². The summed E-state index contributed by atoms with van der Waals surface area (Å²) in [5.74, 6) is 0. The summed E-state index contributed by atoms with van der Waals surface area (Å²) < 4.78 is 0. The number of piperidine rings is 1. The lowest BCUT2D eigenvalue weighted by molar-refractivity contribution is -0.0222. The number of nitrogens with two attached hydrogens (primary N) is 1. The van der Waals surface area contributed by atoms with Crippen LogP contribution in [0.4, 0.5) is 0 Å². The first-order valence-electron chi connectivity index (χ1n) is 8.76. The summed E-state index contributed by atoms with van der Waals surface area (Å²) in [4.78, 5) is 5.41. The maximum atomic E-state index is 6.34. The normalized spacial score (nSPS) is 35.7. The fourth-order valence-electron chi connectivity index (χ4n) is 4.54. The Hall–Kier alpha value is -0.120. The van der Waals surface area contributed by atoms with Crippen LogP contribution in [-0.2, 0) is 0 Å². The SMILES string of the molecule is CCCCN(C(C)CC)C1(CN)CC2CCC(C1)N2C. The summed E-state index contributed by atoms with van der Waals surface area (Å²) >= 11 is 0. The molecule has 3 heteroatoms. The molecule has 0 aromatic heterocycles. The molecule has 0 radical (unpaired) electrons. The lowest BCUT2D eigenvalue weighted by atomic mass is 9.80. The van der Waals surface area contributed by atoms with Gasteiger partial charge in [0.05, 0.1) is 0 Å². The van der Waals surface area contributed by atoms with Crippen molar-refractivity contribution in [3.05, 3.63) is 0 Å². The third-order valence-corrected chi connectivity index (χ3v) is 6.08. The van der Waals surface area contributed by atoms with Crippen molar-refractivity contribution < 1.29 is 0 Å². The number of hydrogen-bond donors (Lipinski definition) is 1. The molecule has 0 aromatic rings. The average molecular weight is 281 g/mol. The summed E-state index contributed by atoms with van der Waals surface area (Å²) in [6.45, 7) is 9.07. The van der Waals surface area contributed by atoms with E-state index in [0.717, 1.165) is 18.6 Å². The molecule has 3 nitrogen and oxygen atoms in total. The minimum Gasteiger partial charge on any atom is -0.329 e. The molecule has 2 saturated heterocycles. The lowest BCUT2D eigenvalue weighted by Crippen LogP contribution is -2.64. The van der Waals surface area contributed by atoms with Crippen LogP contribution in [0, 0.1) is 0 Å². The van der Waals surface area contributed by atoms with E-state index in [1.165, 1.54) is 51.5 Å². The first kappa shape index (κ1) is 16.3. The molecule has 3 atom stereocenters. The minimum atomic E-state index is 0.267. The highest BCUT2D eigenvalue weighted by Gasteiger charge is 2.49. The molecule has 2 aliphatic heterocycles. The van der Waals surface area contributed by atoms with E-state index in [4.69, 9.17) is 5.73 Å². The molecular weight excluding hydrogens is 246 g/mol. The van der Waals surface area contributed by atoms with E-state index in [1.807, 2.05) is 0 Å². The summed E-state index contributed by atoms with van der Waals surface area (Å²) in [6, 6.07) is 2.20. The minimum absolute atomic E-state index is 0.267. The van der Waals surface area contributed by atoms with Crippen LogP contribution in [0.2, 0.25) is 0 Å². The van der Waals surface area contributed by atoms with E-state index in [1.54, 1.807) is 0 Å². The fraction of sp³-hybridized carbons (Fsp3) is 1.00. The van der Waals surface area contributed by atoms with Crippen LogP contribution in [-0.4, -0.2) is 53.6 Å². The van der Waals surface area contributed by atoms with Crippen LogP contribution >= 0.6 is 0 Å². The average Bonchev–Trinajstić information content (AvgIpc) is 2.69. The van der Waals surface area contributed by atoms with Crippen LogP contribution in [0.15, 0.2) is 0 Å². The van der Waals surface area contributed by atoms with E-state index in [-0.39, 0.29) is 5.54 Å². The summed E-state index contributed by atoms with van der Waals surface area (Å²) in [5, 5.41) is 0. The van der Waals surface area contributed by atoms with Crippen molar-refractivity contribution in [1.29, 1.82) is 0 Å². The van der Waals surface area contributed by atoms with E-state index >= 15 is 0 Å². The van der Waals surface area contributed by atoms with Gasteiger partial charge in [0.1, 0.15) is 0 Å². The Bertz CT molecular complexity index is 291. The zero-order valence-corrected chi connectivity index (χ0v) is 14.1. The summed E-state index contributed by atoms with van der Waals surface area (Å²) in [6.07, 6.45) is 9.14. The van der Waals surface area contributed by atoms with Crippen molar-refractivity contribution in [2.45, 2.75) is 89.4 Å². The fourth-order valence-corrected chi connectivity index (χ4v) is 4.54. The second-order valence-electron chi connectivity index (χ2n) is 7.19. The zero-order chi connectivity index (χ0) is 14.8. The highest BCUT2D eigenvalue weighted by molar-refractivity contribution is 5.07. The Balaban J connectivity index is 2.18. The second kappa shape index (κ2) is 6.76. The van der Waals surface area contributed by atoms with E-state index in [2.05, 4.69) is 37.6 Å². The Kier molecular flexibility index (Phi) is 5.49. The van der Waals surface area contributed by atoms with Gasteiger partial charge in [0.15, 0.2) is 0 Å². The summed E-state index contributed by atoms with van der Waals surface area (Å²) in [5.41, 5.74) is 6.61. The van der Waals surface area contributed by atoms with Gasteiger partial charge in [0.25, 0.3) is 0 Å². The van der Waals surface area contributed by atoms with Gasteiger partial charge >= 0.3 is 0 Å². The standard InChI is InChI=1S/C17H35N3/c1-5-7-10-20(14(3)6-2)17(13-18)11-15-8-9-16(12-17)19(15)4/h14-16H,5-13,18H2,1-4H3. The molecule has 2 fully saturated rings. The molecule has 0 amide bonds. The summed E-state index contributed by atoms with van der Waals surface area (Å²) in [7, 11) is 2.32. The van der Waals surface area contributed by atoms with Crippen molar-refractivity contribution in [2.75, 3.05) is 20.1 Å². The van der Waals surface area contributed by atoms with Gasteiger partial charge < -0.3 is 10.6 Å². The number of rotatable bonds is 7. The topological polar surface area (TPSA) is 32.5 Å². The van der Waals surface area contributed by atoms with Crippen LogP contribution < -0.4 is 5.73 Å². The third-order valence-electron chi connectivity index (χ3n) is 6.08. The number of hydrogen-bond acceptors (Lipinski definition) is 3. The lowest BCUT2D eigenvalue weighted by Gasteiger charge is -2.53. The third kappa shape index (κ3) is 2.90.